The number of ether oxygens (including phenoxy) is 1. The molecule has 1 aromatic rings. The van der Waals surface area contributed by atoms with Crippen molar-refractivity contribution in [3.63, 3.8) is 0 Å². The van der Waals surface area contributed by atoms with E-state index in [9.17, 15) is 10.0 Å². The molecule has 0 aromatic heterocycles. The minimum Gasteiger partial charge on any atom is -0.388 e. The Hall–Kier alpha value is -1.26. The smallest absolute Gasteiger partial charge is 0.113 e. The predicted octanol–water partition coefficient (Wildman–Crippen LogP) is 2.15. The van der Waals surface area contributed by atoms with Gasteiger partial charge in [0.05, 0.1) is 6.10 Å². The van der Waals surface area contributed by atoms with E-state index in [0.717, 1.165) is 0 Å². The van der Waals surface area contributed by atoms with E-state index in [1.165, 1.54) is 0 Å². The Balaban J connectivity index is 2.77. The Morgan fingerprint density at radius 2 is 2.21 bits per heavy atom. The van der Waals surface area contributed by atoms with Crippen LogP contribution in [-0.2, 0) is 4.74 Å². The number of aliphatic hydroxyl groups is 1. The van der Waals surface area contributed by atoms with Gasteiger partial charge in [0.1, 0.15) is 5.69 Å². The van der Waals surface area contributed by atoms with Crippen LogP contribution in [-0.4, -0.2) is 18.8 Å². The molecule has 0 aliphatic carbocycles. The van der Waals surface area contributed by atoms with Gasteiger partial charge < -0.3 is 9.84 Å². The summed E-state index contributed by atoms with van der Waals surface area (Å²) in [5.74, 6) is 0. The fourth-order valence-corrected chi connectivity index (χ4v) is 1.24. The van der Waals surface area contributed by atoms with Gasteiger partial charge in [-0.2, -0.15) is 0 Å². The van der Waals surface area contributed by atoms with Gasteiger partial charge >= 0.3 is 0 Å². The van der Waals surface area contributed by atoms with Crippen LogP contribution in [0.3, 0.4) is 0 Å². The molecule has 0 fully saturated rings. The molecular weight excluding hydrogens is 182 g/mol. The Bertz CT molecular complexity index is 301. The zero-order valence-electron chi connectivity index (χ0n) is 8.01. The summed E-state index contributed by atoms with van der Waals surface area (Å²) >= 11 is 0. The highest BCUT2D eigenvalue weighted by molar-refractivity contribution is 5.46. The van der Waals surface area contributed by atoms with Crippen molar-refractivity contribution >= 4 is 5.69 Å². The van der Waals surface area contributed by atoms with Crippen LogP contribution in [0.2, 0.25) is 0 Å². The van der Waals surface area contributed by atoms with Crippen molar-refractivity contribution in [3.8, 4) is 0 Å². The van der Waals surface area contributed by atoms with E-state index in [1.807, 2.05) is 0 Å². The summed E-state index contributed by atoms with van der Waals surface area (Å²) in [6, 6.07) is 6.75. The van der Waals surface area contributed by atoms with Gasteiger partial charge in [-0.1, -0.05) is 18.2 Å². The van der Waals surface area contributed by atoms with Gasteiger partial charge in [-0.15, -0.1) is 4.91 Å². The topological polar surface area (TPSA) is 58.9 Å². The third-order valence-corrected chi connectivity index (χ3v) is 1.99. The van der Waals surface area contributed by atoms with Crippen LogP contribution in [0, 0.1) is 4.91 Å². The molecule has 76 valence electrons. The van der Waals surface area contributed by atoms with Crippen LogP contribution in [0.1, 0.15) is 18.1 Å². The molecule has 4 heteroatoms. The number of aliphatic hydroxyl groups excluding tert-OH is 1. The van der Waals surface area contributed by atoms with E-state index in [0.29, 0.717) is 18.6 Å². The number of nitroso groups, excluding NO2 is 1. The number of nitrogens with zero attached hydrogens (tertiary/aromatic N) is 1. The molecule has 1 rings (SSSR count). The summed E-state index contributed by atoms with van der Waals surface area (Å²) in [7, 11) is 1.57. The molecule has 0 radical (unpaired) electrons. The Morgan fingerprint density at radius 3 is 2.86 bits per heavy atom. The zero-order chi connectivity index (χ0) is 10.4. The first-order chi connectivity index (χ1) is 6.79. The quantitative estimate of drug-likeness (QED) is 0.732. The van der Waals surface area contributed by atoms with E-state index in [4.69, 9.17) is 4.74 Å². The number of benzene rings is 1. The van der Waals surface area contributed by atoms with Crippen LogP contribution in [0.4, 0.5) is 5.69 Å². The maximum Gasteiger partial charge on any atom is 0.113 e. The molecule has 0 aliphatic rings. The highest BCUT2D eigenvalue weighted by Crippen LogP contribution is 2.26. The van der Waals surface area contributed by atoms with Gasteiger partial charge in [-0.05, 0) is 11.2 Å². The summed E-state index contributed by atoms with van der Waals surface area (Å²) in [6.45, 7) is 0.453. The van der Waals surface area contributed by atoms with Crippen LogP contribution in [0.5, 0.6) is 0 Å². The first-order valence-corrected chi connectivity index (χ1v) is 4.39. The van der Waals surface area contributed by atoms with Crippen molar-refractivity contribution in [2.24, 2.45) is 5.18 Å². The number of methoxy groups -OCH3 is 1. The van der Waals surface area contributed by atoms with Crippen LogP contribution in [0.15, 0.2) is 29.4 Å². The van der Waals surface area contributed by atoms with Gasteiger partial charge in [0, 0.05) is 25.7 Å². The van der Waals surface area contributed by atoms with Crippen molar-refractivity contribution < 1.29 is 9.84 Å². The van der Waals surface area contributed by atoms with Crippen molar-refractivity contribution in [3.05, 3.63) is 34.7 Å². The van der Waals surface area contributed by atoms with Gasteiger partial charge in [0.25, 0.3) is 0 Å². The molecule has 0 saturated carbocycles. The molecular formula is C10H13NO3. The maximum absolute atomic E-state index is 10.4. The second-order valence-corrected chi connectivity index (χ2v) is 2.95. The minimum absolute atomic E-state index is 0.288. The van der Waals surface area contributed by atoms with E-state index >= 15 is 0 Å². The molecule has 0 heterocycles. The first kappa shape index (κ1) is 10.8. The standard InChI is InChI=1S/C10H13NO3/c1-14-7-6-10(12)8-4-2-3-5-9(8)11-13/h2-5,10,12H,6-7H2,1H3. The van der Waals surface area contributed by atoms with Gasteiger partial charge in [-0.25, -0.2) is 0 Å². The molecule has 0 aliphatic heterocycles. The summed E-state index contributed by atoms with van der Waals surface area (Å²) < 4.78 is 4.84. The fraction of sp³-hybridized carbons (Fsp3) is 0.400. The van der Waals surface area contributed by atoms with Crippen molar-refractivity contribution in [2.75, 3.05) is 13.7 Å². The average molecular weight is 195 g/mol. The highest BCUT2D eigenvalue weighted by Gasteiger charge is 2.11. The average Bonchev–Trinajstić information content (AvgIpc) is 2.25. The van der Waals surface area contributed by atoms with E-state index in [-0.39, 0.29) is 5.69 Å². The lowest BCUT2D eigenvalue weighted by Crippen LogP contribution is -2.01. The van der Waals surface area contributed by atoms with Crippen LogP contribution >= 0.6 is 0 Å². The maximum atomic E-state index is 10.4. The SMILES string of the molecule is COCCC(O)c1ccccc1N=O. The second-order valence-electron chi connectivity index (χ2n) is 2.95. The van der Waals surface area contributed by atoms with E-state index in [2.05, 4.69) is 5.18 Å². The van der Waals surface area contributed by atoms with E-state index < -0.39 is 6.10 Å². The van der Waals surface area contributed by atoms with Gasteiger partial charge in [0.15, 0.2) is 0 Å². The van der Waals surface area contributed by atoms with Crippen molar-refractivity contribution in [1.29, 1.82) is 0 Å². The monoisotopic (exact) mass is 195 g/mol. The molecule has 1 N–H and O–H groups in total. The number of rotatable bonds is 5. The third-order valence-electron chi connectivity index (χ3n) is 1.99. The zero-order valence-corrected chi connectivity index (χ0v) is 8.01. The Kier molecular flexibility index (Phi) is 4.22. The largest absolute Gasteiger partial charge is 0.388 e. The molecule has 0 amide bonds. The second kappa shape index (κ2) is 5.47. The van der Waals surface area contributed by atoms with Crippen molar-refractivity contribution in [1.82, 2.24) is 0 Å². The van der Waals surface area contributed by atoms with Crippen LogP contribution < -0.4 is 0 Å². The highest BCUT2D eigenvalue weighted by atomic mass is 16.5. The molecule has 0 saturated heterocycles. The third kappa shape index (κ3) is 2.61. The summed E-state index contributed by atoms with van der Waals surface area (Å²) in [4.78, 5) is 10.4. The van der Waals surface area contributed by atoms with Crippen LogP contribution in [0.25, 0.3) is 0 Å². The van der Waals surface area contributed by atoms with Crippen molar-refractivity contribution in [2.45, 2.75) is 12.5 Å². The molecule has 1 atom stereocenters. The summed E-state index contributed by atoms with van der Waals surface area (Å²) in [6.07, 6.45) is -0.230. The van der Waals surface area contributed by atoms with E-state index in [1.54, 1.807) is 31.4 Å². The lowest BCUT2D eigenvalue weighted by atomic mass is 10.1. The Labute approximate surface area is 82.5 Å². The lowest BCUT2D eigenvalue weighted by Gasteiger charge is -2.10. The fourth-order valence-electron chi connectivity index (χ4n) is 1.24. The first-order valence-electron chi connectivity index (χ1n) is 4.39. The summed E-state index contributed by atoms with van der Waals surface area (Å²) in [5.41, 5.74) is 0.843. The molecule has 14 heavy (non-hydrogen) atoms. The lowest BCUT2D eigenvalue weighted by molar-refractivity contribution is 0.111. The minimum atomic E-state index is -0.691. The Morgan fingerprint density at radius 1 is 1.50 bits per heavy atom. The molecule has 4 nitrogen and oxygen atoms in total. The molecule has 1 unspecified atom stereocenters. The number of hydrogen-bond donors (Lipinski definition) is 1. The molecule has 1 aromatic carbocycles. The summed E-state index contributed by atoms with van der Waals surface area (Å²) in [5, 5.41) is 12.5. The van der Waals surface area contributed by atoms with Gasteiger partial charge in [-0.3, -0.25) is 0 Å². The normalized spacial score (nSPS) is 12.4. The van der Waals surface area contributed by atoms with Gasteiger partial charge in [0.2, 0.25) is 0 Å². The molecule has 0 spiro atoms. The number of hydrogen-bond acceptors (Lipinski definition) is 4. The predicted molar refractivity (Wildman–Crippen MR) is 53.3 cm³/mol. The molecule has 0 bridgehead atoms.